The molecule has 1 saturated heterocycles. The molecule has 78 valence electrons. The van der Waals surface area contributed by atoms with E-state index < -0.39 is 0 Å². The lowest BCUT2D eigenvalue weighted by molar-refractivity contribution is -0.0766. The Kier molecular flexibility index (Phi) is 2.48. The van der Waals surface area contributed by atoms with E-state index in [1.54, 1.807) is 0 Å². The van der Waals surface area contributed by atoms with Crippen molar-refractivity contribution in [3.63, 3.8) is 0 Å². The van der Waals surface area contributed by atoms with E-state index in [-0.39, 0.29) is 23.3 Å². The fourth-order valence-electron chi connectivity index (χ4n) is 1.44. The van der Waals surface area contributed by atoms with Gasteiger partial charge in [0.05, 0.1) is 18.8 Å². The van der Waals surface area contributed by atoms with Gasteiger partial charge in [-0.25, -0.2) is 0 Å². The van der Waals surface area contributed by atoms with Crippen molar-refractivity contribution in [2.24, 2.45) is 5.41 Å². The smallest absolute Gasteiger partial charge is 0.121 e. The first-order valence-electron chi connectivity index (χ1n) is 4.77. The summed E-state index contributed by atoms with van der Waals surface area (Å²) in [6.07, 6.45) is 0. The van der Waals surface area contributed by atoms with E-state index in [0.29, 0.717) is 6.61 Å². The monoisotopic (exact) mass is 187 g/mol. The van der Waals surface area contributed by atoms with Crippen molar-refractivity contribution < 1.29 is 9.84 Å². The van der Waals surface area contributed by atoms with Crippen molar-refractivity contribution in [3.05, 3.63) is 0 Å². The van der Waals surface area contributed by atoms with Gasteiger partial charge in [0, 0.05) is 5.41 Å². The maximum Gasteiger partial charge on any atom is 0.121 e. The minimum absolute atomic E-state index is 0.0277. The van der Waals surface area contributed by atoms with Crippen LogP contribution in [-0.2, 0) is 4.74 Å². The summed E-state index contributed by atoms with van der Waals surface area (Å²) in [5.74, 6) is 0. The van der Waals surface area contributed by atoms with E-state index in [9.17, 15) is 5.11 Å². The summed E-state index contributed by atoms with van der Waals surface area (Å²) in [6, 6.07) is 0. The SMILES string of the molecule is CC1(CO)COC(C)(C(C)(C)C)N1. The average Bonchev–Trinajstić information content (AvgIpc) is 2.29. The van der Waals surface area contributed by atoms with Crippen LogP contribution in [0.1, 0.15) is 34.6 Å². The van der Waals surface area contributed by atoms with Gasteiger partial charge in [-0.05, 0) is 13.8 Å². The van der Waals surface area contributed by atoms with Gasteiger partial charge >= 0.3 is 0 Å². The van der Waals surface area contributed by atoms with Gasteiger partial charge in [-0.2, -0.15) is 0 Å². The van der Waals surface area contributed by atoms with Crippen molar-refractivity contribution >= 4 is 0 Å². The van der Waals surface area contributed by atoms with Gasteiger partial charge in [0.1, 0.15) is 5.72 Å². The molecule has 0 saturated carbocycles. The molecule has 1 heterocycles. The second kappa shape index (κ2) is 2.94. The third-order valence-electron chi connectivity index (χ3n) is 3.00. The molecular weight excluding hydrogens is 166 g/mol. The first-order chi connectivity index (χ1) is 5.72. The summed E-state index contributed by atoms with van der Waals surface area (Å²) in [4.78, 5) is 0. The first-order valence-corrected chi connectivity index (χ1v) is 4.77. The average molecular weight is 187 g/mol. The van der Waals surface area contributed by atoms with E-state index in [0.717, 1.165) is 0 Å². The molecule has 2 atom stereocenters. The van der Waals surface area contributed by atoms with Gasteiger partial charge < -0.3 is 9.84 Å². The zero-order valence-electron chi connectivity index (χ0n) is 9.27. The van der Waals surface area contributed by atoms with Crippen LogP contribution in [0.3, 0.4) is 0 Å². The quantitative estimate of drug-likeness (QED) is 0.646. The number of ether oxygens (including phenoxy) is 1. The molecule has 0 bridgehead atoms. The van der Waals surface area contributed by atoms with Gasteiger partial charge in [0.2, 0.25) is 0 Å². The molecule has 3 nitrogen and oxygen atoms in total. The molecule has 1 aliphatic rings. The summed E-state index contributed by atoms with van der Waals surface area (Å²) in [6.45, 7) is 11.1. The van der Waals surface area contributed by atoms with Crippen molar-refractivity contribution in [2.75, 3.05) is 13.2 Å². The van der Waals surface area contributed by atoms with E-state index in [1.165, 1.54) is 0 Å². The van der Waals surface area contributed by atoms with Crippen LogP contribution in [0.4, 0.5) is 0 Å². The molecular formula is C10H21NO2. The van der Waals surface area contributed by atoms with Gasteiger partial charge in [-0.15, -0.1) is 0 Å². The van der Waals surface area contributed by atoms with Crippen LogP contribution in [0.15, 0.2) is 0 Å². The molecule has 1 aliphatic heterocycles. The first kappa shape index (κ1) is 11.0. The molecule has 0 aliphatic carbocycles. The van der Waals surface area contributed by atoms with Crippen molar-refractivity contribution in [1.82, 2.24) is 5.32 Å². The second-order valence-electron chi connectivity index (χ2n) is 5.42. The zero-order chi connectivity index (χ0) is 10.3. The van der Waals surface area contributed by atoms with E-state index in [1.807, 2.05) is 13.8 Å². The highest BCUT2D eigenvalue weighted by atomic mass is 16.5. The molecule has 0 aromatic heterocycles. The summed E-state index contributed by atoms with van der Waals surface area (Å²) in [5.41, 5.74) is -0.605. The van der Waals surface area contributed by atoms with Crippen molar-refractivity contribution in [3.8, 4) is 0 Å². The van der Waals surface area contributed by atoms with Crippen LogP contribution in [-0.4, -0.2) is 29.6 Å². The highest BCUT2D eigenvalue weighted by Gasteiger charge is 2.49. The van der Waals surface area contributed by atoms with Gasteiger partial charge in [0.15, 0.2) is 0 Å². The molecule has 1 fully saturated rings. The zero-order valence-corrected chi connectivity index (χ0v) is 9.27. The summed E-state index contributed by atoms with van der Waals surface area (Å²) < 4.78 is 5.74. The van der Waals surface area contributed by atoms with Crippen molar-refractivity contribution in [1.29, 1.82) is 0 Å². The Labute approximate surface area is 80.5 Å². The number of aliphatic hydroxyl groups is 1. The summed E-state index contributed by atoms with van der Waals surface area (Å²) in [5, 5.41) is 12.5. The fraction of sp³-hybridized carbons (Fsp3) is 1.00. The third-order valence-corrected chi connectivity index (χ3v) is 3.00. The van der Waals surface area contributed by atoms with Gasteiger partial charge in [-0.3, -0.25) is 5.32 Å². The summed E-state index contributed by atoms with van der Waals surface area (Å²) in [7, 11) is 0. The molecule has 0 aromatic carbocycles. The van der Waals surface area contributed by atoms with Crippen molar-refractivity contribution in [2.45, 2.75) is 45.9 Å². The lowest BCUT2D eigenvalue weighted by atomic mass is 9.84. The molecule has 2 N–H and O–H groups in total. The number of aliphatic hydroxyl groups excluding tert-OH is 1. The maximum absolute atomic E-state index is 9.18. The fourth-order valence-corrected chi connectivity index (χ4v) is 1.44. The number of hydrogen-bond acceptors (Lipinski definition) is 3. The Balaban J connectivity index is 2.78. The van der Waals surface area contributed by atoms with Crippen LogP contribution in [0.5, 0.6) is 0 Å². The highest BCUT2D eigenvalue weighted by Crippen LogP contribution is 2.37. The van der Waals surface area contributed by atoms with E-state index in [2.05, 4.69) is 26.1 Å². The molecule has 2 unspecified atom stereocenters. The Bertz CT molecular complexity index is 200. The Morgan fingerprint density at radius 3 is 2.15 bits per heavy atom. The predicted octanol–water partition coefficient (Wildman–Crippen LogP) is 1.12. The van der Waals surface area contributed by atoms with E-state index in [4.69, 9.17) is 4.74 Å². The maximum atomic E-state index is 9.18. The number of hydrogen-bond donors (Lipinski definition) is 2. The Morgan fingerprint density at radius 2 is 1.92 bits per heavy atom. The van der Waals surface area contributed by atoms with Gasteiger partial charge in [-0.1, -0.05) is 20.8 Å². The molecule has 1 rings (SSSR count). The lowest BCUT2D eigenvalue weighted by Crippen LogP contribution is -2.56. The Hall–Kier alpha value is -0.120. The summed E-state index contributed by atoms with van der Waals surface area (Å²) >= 11 is 0. The van der Waals surface area contributed by atoms with E-state index >= 15 is 0 Å². The molecule has 3 heteroatoms. The third kappa shape index (κ3) is 1.87. The van der Waals surface area contributed by atoms with Crippen LogP contribution >= 0.6 is 0 Å². The minimum Gasteiger partial charge on any atom is -0.394 e. The van der Waals surface area contributed by atoms with Crippen LogP contribution in [0.25, 0.3) is 0 Å². The predicted molar refractivity (Wildman–Crippen MR) is 52.4 cm³/mol. The molecule has 13 heavy (non-hydrogen) atoms. The number of rotatable bonds is 1. The largest absolute Gasteiger partial charge is 0.394 e. The molecule has 0 spiro atoms. The normalized spacial score (nSPS) is 41.1. The standard InChI is InChI=1S/C10H21NO2/c1-8(2,3)10(5)11-9(4,6-12)7-13-10/h11-12H,6-7H2,1-5H3. The van der Waals surface area contributed by atoms with Crippen LogP contribution < -0.4 is 5.32 Å². The topological polar surface area (TPSA) is 41.5 Å². The van der Waals surface area contributed by atoms with Gasteiger partial charge in [0.25, 0.3) is 0 Å². The minimum atomic E-state index is -0.343. The molecule has 0 radical (unpaired) electrons. The molecule has 0 amide bonds. The lowest BCUT2D eigenvalue weighted by Gasteiger charge is -2.39. The Morgan fingerprint density at radius 1 is 1.38 bits per heavy atom. The highest BCUT2D eigenvalue weighted by molar-refractivity contribution is 5.00. The van der Waals surface area contributed by atoms with Crippen LogP contribution in [0.2, 0.25) is 0 Å². The molecule has 0 aromatic rings. The number of nitrogens with one attached hydrogen (secondary N) is 1. The van der Waals surface area contributed by atoms with Crippen LogP contribution in [0, 0.1) is 5.41 Å². The second-order valence-corrected chi connectivity index (χ2v) is 5.42.